The molecule has 0 aliphatic rings. The molecule has 0 aliphatic carbocycles. The standard InChI is InChI=1S/C13H19O/c1-4-8-13(3,10-14)12-7-5-6-11(2)9-12/h5-7,9H,4,8,10H2,1-3H3. The summed E-state index contributed by atoms with van der Waals surface area (Å²) in [6, 6.07) is 8.31. The Morgan fingerprint density at radius 1 is 1.36 bits per heavy atom. The summed E-state index contributed by atoms with van der Waals surface area (Å²) in [4.78, 5) is 0. The molecular weight excluding hydrogens is 172 g/mol. The van der Waals surface area contributed by atoms with Gasteiger partial charge in [0.1, 0.15) is 0 Å². The van der Waals surface area contributed by atoms with Crippen molar-refractivity contribution in [3.63, 3.8) is 0 Å². The van der Waals surface area contributed by atoms with Gasteiger partial charge in [0, 0.05) is 5.41 Å². The van der Waals surface area contributed by atoms with Gasteiger partial charge in [0.25, 0.3) is 0 Å². The first-order valence-electron chi connectivity index (χ1n) is 5.27. The fraction of sp³-hybridized carbons (Fsp3) is 0.538. The van der Waals surface area contributed by atoms with Crippen LogP contribution < -0.4 is 0 Å². The van der Waals surface area contributed by atoms with Gasteiger partial charge >= 0.3 is 0 Å². The zero-order chi connectivity index (χ0) is 10.6. The molecule has 0 aliphatic heterocycles. The monoisotopic (exact) mass is 191 g/mol. The first kappa shape index (κ1) is 11.3. The molecule has 0 heterocycles. The first-order valence-corrected chi connectivity index (χ1v) is 5.27. The number of rotatable bonds is 4. The van der Waals surface area contributed by atoms with Crippen LogP contribution in [0.1, 0.15) is 37.8 Å². The Labute approximate surface area is 86.8 Å². The highest BCUT2D eigenvalue weighted by Gasteiger charge is 2.25. The second kappa shape index (κ2) is 4.61. The number of hydrogen-bond acceptors (Lipinski definition) is 0. The van der Waals surface area contributed by atoms with Gasteiger partial charge < -0.3 is 0 Å². The van der Waals surface area contributed by atoms with Gasteiger partial charge in [0.15, 0.2) is 0 Å². The lowest BCUT2D eigenvalue weighted by Crippen LogP contribution is -2.25. The van der Waals surface area contributed by atoms with Crippen LogP contribution in [0.5, 0.6) is 0 Å². The van der Waals surface area contributed by atoms with Gasteiger partial charge in [-0.15, -0.1) is 0 Å². The molecular formula is C13H19O. The maximum atomic E-state index is 11.3. The van der Waals surface area contributed by atoms with Crippen molar-refractivity contribution in [3.8, 4) is 0 Å². The normalized spacial score (nSPS) is 15.1. The van der Waals surface area contributed by atoms with Crippen LogP contribution in [0.25, 0.3) is 0 Å². The molecule has 0 spiro atoms. The number of hydrogen-bond donors (Lipinski definition) is 0. The molecule has 1 nitrogen and oxygen atoms in total. The molecule has 1 unspecified atom stereocenters. The van der Waals surface area contributed by atoms with E-state index in [0.29, 0.717) is 0 Å². The molecule has 0 saturated carbocycles. The molecule has 77 valence electrons. The van der Waals surface area contributed by atoms with Gasteiger partial charge in [-0.3, -0.25) is 0 Å². The van der Waals surface area contributed by atoms with Crippen LogP contribution in [0.15, 0.2) is 24.3 Å². The quantitative estimate of drug-likeness (QED) is 0.694. The van der Waals surface area contributed by atoms with Gasteiger partial charge in [-0.2, -0.15) is 0 Å². The minimum Gasteiger partial charge on any atom is -0.236 e. The Morgan fingerprint density at radius 3 is 2.57 bits per heavy atom. The molecule has 0 aromatic heterocycles. The highest BCUT2D eigenvalue weighted by Crippen LogP contribution is 2.29. The molecule has 0 amide bonds. The zero-order valence-corrected chi connectivity index (χ0v) is 9.34. The third-order valence-corrected chi connectivity index (χ3v) is 2.84. The molecule has 1 rings (SSSR count). The average Bonchev–Trinajstić information content (AvgIpc) is 2.18. The fourth-order valence-electron chi connectivity index (χ4n) is 1.87. The van der Waals surface area contributed by atoms with Gasteiger partial charge in [0.2, 0.25) is 0 Å². The minimum atomic E-state index is -0.180. The zero-order valence-electron chi connectivity index (χ0n) is 9.34. The van der Waals surface area contributed by atoms with Crippen LogP contribution in [-0.4, -0.2) is 6.61 Å². The lowest BCUT2D eigenvalue weighted by atomic mass is 9.79. The maximum absolute atomic E-state index is 11.3. The second-order valence-electron chi connectivity index (χ2n) is 4.32. The van der Waals surface area contributed by atoms with E-state index in [1.807, 2.05) is 6.07 Å². The van der Waals surface area contributed by atoms with E-state index in [-0.39, 0.29) is 12.0 Å². The fourth-order valence-corrected chi connectivity index (χ4v) is 1.87. The highest BCUT2D eigenvalue weighted by atomic mass is 16.3. The maximum Gasteiger partial charge on any atom is 0.0916 e. The van der Waals surface area contributed by atoms with Crippen molar-refractivity contribution < 1.29 is 5.11 Å². The van der Waals surface area contributed by atoms with Crippen LogP contribution in [0.4, 0.5) is 0 Å². The highest BCUT2D eigenvalue weighted by molar-refractivity contribution is 5.29. The summed E-state index contributed by atoms with van der Waals surface area (Å²) >= 11 is 0. The lowest BCUT2D eigenvalue weighted by Gasteiger charge is -2.26. The van der Waals surface area contributed by atoms with Crippen molar-refractivity contribution in [2.45, 2.75) is 39.0 Å². The lowest BCUT2D eigenvalue weighted by molar-refractivity contribution is 0.122. The van der Waals surface area contributed by atoms with Crippen LogP contribution in [-0.2, 0) is 10.5 Å². The van der Waals surface area contributed by atoms with Crippen molar-refractivity contribution in [1.29, 1.82) is 0 Å². The molecule has 1 radical (unpaired) electrons. The largest absolute Gasteiger partial charge is 0.236 e. The topological polar surface area (TPSA) is 19.9 Å². The van der Waals surface area contributed by atoms with E-state index < -0.39 is 0 Å². The van der Waals surface area contributed by atoms with E-state index in [2.05, 4.69) is 39.0 Å². The molecule has 0 fully saturated rings. The first-order chi connectivity index (χ1) is 6.62. The summed E-state index contributed by atoms with van der Waals surface area (Å²) in [6.07, 6.45) is 2.03. The Bertz CT molecular complexity index is 293. The number of aryl methyl sites for hydroxylation is 1. The SMILES string of the molecule is CCCC(C)(C[O])c1cccc(C)c1. The number of benzene rings is 1. The van der Waals surface area contributed by atoms with Gasteiger partial charge in [-0.05, 0) is 18.9 Å². The summed E-state index contributed by atoms with van der Waals surface area (Å²) in [5, 5.41) is 11.3. The molecule has 0 bridgehead atoms. The van der Waals surface area contributed by atoms with E-state index in [1.165, 1.54) is 11.1 Å². The van der Waals surface area contributed by atoms with Gasteiger partial charge in [-0.25, -0.2) is 5.11 Å². The third kappa shape index (κ3) is 2.36. The molecule has 0 saturated heterocycles. The summed E-state index contributed by atoms with van der Waals surface area (Å²) in [5.74, 6) is 0. The van der Waals surface area contributed by atoms with E-state index in [4.69, 9.17) is 0 Å². The molecule has 0 N–H and O–H groups in total. The smallest absolute Gasteiger partial charge is 0.0916 e. The summed E-state index contributed by atoms with van der Waals surface area (Å²) in [5.41, 5.74) is 2.24. The van der Waals surface area contributed by atoms with Crippen LogP contribution in [0, 0.1) is 6.92 Å². The Morgan fingerprint density at radius 2 is 2.07 bits per heavy atom. The van der Waals surface area contributed by atoms with Crippen molar-refractivity contribution in [3.05, 3.63) is 35.4 Å². The van der Waals surface area contributed by atoms with E-state index in [9.17, 15) is 5.11 Å². The molecule has 1 aromatic carbocycles. The Balaban J connectivity index is 2.99. The molecule has 1 heteroatoms. The van der Waals surface area contributed by atoms with Crippen molar-refractivity contribution >= 4 is 0 Å². The van der Waals surface area contributed by atoms with Crippen LogP contribution in [0.2, 0.25) is 0 Å². The van der Waals surface area contributed by atoms with E-state index in [0.717, 1.165) is 12.8 Å². The summed E-state index contributed by atoms with van der Waals surface area (Å²) in [6.45, 7) is 6.24. The predicted molar refractivity (Wildman–Crippen MR) is 59.0 cm³/mol. The van der Waals surface area contributed by atoms with Crippen LogP contribution in [0.3, 0.4) is 0 Å². The average molecular weight is 191 g/mol. The van der Waals surface area contributed by atoms with E-state index in [1.54, 1.807) is 0 Å². The summed E-state index contributed by atoms with van der Waals surface area (Å²) < 4.78 is 0. The molecule has 1 aromatic rings. The predicted octanol–water partition coefficient (Wildman–Crippen LogP) is 3.48. The van der Waals surface area contributed by atoms with Crippen molar-refractivity contribution in [2.75, 3.05) is 6.61 Å². The van der Waals surface area contributed by atoms with Crippen molar-refractivity contribution in [2.24, 2.45) is 0 Å². The molecule has 14 heavy (non-hydrogen) atoms. The Hall–Kier alpha value is -0.820. The minimum absolute atomic E-state index is 0.0235. The van der Waals surface area contributed by atoms with Gasteiger partial charge in [-0.1, -0.05) is 50.1 Å². The third-order valence-electron chi connectivity index (χ3n) is 2.84. The second-order valence-corrected chi connectivity index (χ2v) is 4.32. The van der Waals surface area contributed by atoms with E-state index >= 15 is 0 Å². The molecule has 1 atom stereocenters. The summed E-state index contributed by atoms with van der Waals surface area (Å²) in [7, 11) is 0. The van der Waals surface area contributed by atoms with Crippen molar-refractivity contribution in [1.82, 2.24) is 0 Å². The Kier molecular flexibility index (Phi) is 3.70. The van der Waals surface area contributed by atoms with Crippen LogP contribution >= 0.6 is 0 Å². The van der Waals surface area contributed by atoms with Gasteiger partial charge in [0.05, 0.1) is 6.61 Å².